The number of nitrogens with one attached hydrogen (secondary N) is 1. The minimum atomic E-state index is -0.941. The number of carbonyl (C=O) groups is 1. The quantitative estimate of drug-likeness (QED) is 0.558. The second-order valence-electron chi connectivity index (χ2n) is 7.59. The normalized spacial score (nSPS) is 17.7. The molecule has 0 spiro atoms. The van der Waals surface area contributed by atoms with Gasteiger partial charge in [-0.25, -0.2) is 19.2 Å². The summed E-state index contributed by atoms with van der Waals surface area (Å²) < 4.78 is 15.7. The molecule has 4 rings (SSSR count). The number of amides is 2. The Kier molecular flexibility index (Phi) is 6.30. The minimum Gasteiger partial charge on any atom is -0.394 e. The van der Waals surface area contributed by atoms with E-state index in [9.17, 15) is 14.3 Å². The molecule has 2 amide bonds. The van der Waals surface area contributed by atoms with E-state index in [2.05, 4.69) is 15.3 Å². The smallest absolute Gasteiger partial charge is 0.323 e. The lowest BCUT2D eigenvalue weighted by Gasteiger charge is -2.40. The number of halogens is 1. The number of urea groups is 1. The van der Waals surface area contributed by atoms with Gasteiger partial charge in [0.25, 0.3) is 0 Å². The van der Waals surface area contributed by atoms with E-state index in [0.29, 0.717) is 30.3 Å². The van der Waals surface area contributed by atoms with Gasteiger partial charge < -0.3 is 20.0 Å². The van der Waals surface area contributed by atoms with Crippen LogP contribution in [0.5, 0.6) is 0 Å². The van der Waals surface area contributed by atoms with E-state index in [1.807, 2.05) is 36.1 Å². The second kappa shape index (κ2) is 9.13. The molecular weight excluding hydrogens is 421 g/mol. The number of para-hydroxylation sites is 1. The van der Waals surface area contributed by atoms with Crippen LogP contribution in [0.4, 0.5) is 20.1 Å². The van der Waals surface area contributed by atoms with Gasteiger partial charge in [0.05, 0.1) is 22.9 Å². The summed E-state index contributed by atoms with van der Waals surface area (Å²) in [6.07, 6.45) is 0.704. The lowest BCUT2D eigenvalue weighted by Crippen LogP contribution is -2.55. The van der Waals surface area contributed by atoms with Gasteiger partial charge in [-0.05, 0) is 30.7 Å². The van der Waals surface area contributed by atoms with Crippen molar-refractivity contribution in [3.63, 3.8) is 0 Å². The standard InChI is InChI=1S/C21H24FN5O3S/c1-13-11-26(21(30)25-20-24-17-4-2-3-5-18(17)31-20)6-7-27(13)19-16(22)9-14(10-23-19)8-15(29)12-28/h2-5,9-10,13,15,28-29H,6-8,11-12H2,1H3,(H,24,25,30)/t13-,15+/m1/s1. The van der Waals surface area contributed by atoms with Crippen molar-refractivity contribution in [2.24, 2.45) is 0 Å². The Balaban J connectivity index is 1.39. The number of fused-ring (bicyclic) bond motifs is 1. The zero-order valence-electron chi connectivity index (χ0n) is 17.0. The monoisotopic (exact) mass is 445 g/mol. The van der Waals surface area contributed by atoms with Crippen molar-refractivity contribution in [1.29, 1.82) is 0 Å². The third kappa shape index (κ3) is 4.76. The van der Waals surface area contributed by atoms with E-state index in [0.717, 1.165) is 10.2 Å². The first-order valence-corrected chi connectivity index (χ1v) is 10.9. The molecule has 0 unspecified atom stereocenters. The fraction of sp³-hybridized carbons (Fsp3) is 0.381. The lowest BCUT2D eigenvalue weighted by atomic mass is 10.1. The molecule has 0 aliphatic carbocycles. The van der Waals surface area contributed by atoms with Crippen molar-refractivity contribution in [3.05, 3.63) is 47.9 Å². The van der Waals surface area contributed by atoms with Crippen molar-refractivity contribution in [1.82, 2.24) is 14.9 Å². The molecule has 31 heavy (non-hydrogen) atoms. The number of pyridine rings is 1. The molecular formula is C21H24FN5O3S. The highest BCUT2D eigenvalue weighted by Gasteiger charge is 2.29. The SMILES string of the molecule is C[C@@H]1CN(C(=O)Nc2nc3ccccc3s2)CCN1c1ncc(C[C@H](O)CO)cc1F. The van der Waals surface area contributed by atoms with Gasteiger partial charge in [0.15, 0.2) is 16.8 Å². The zero-order valence-corrected chi connectivity index (χ0v) is 17.8. The molecule has 2 aromatic heterocycles. The topological polar surface area (TPSA) is 102 Å². The number of piperazine rings is 1. The van der Waals surface area contributed by atoms with Crippen LogP contribution in [0, 0.1) is 5.82 Å². The van der Waals surface area contributed by atoms with Crippen LogP contribution in [0.25, 0.3) is 10.2 Å². The number of nitrogens with zero attached hydrogens (tertiary/aromatic N) is 4. The van der Waals surface area contributed by atoms with Gasteiger partial charge in [-0.1, -0.05) is 23.5 Å². The molecule has 3 N–H and O–H groups in total. The summed E-state index contributed by atoms with van der Waals surface area (Å²) in [7, 11) is 0. The number of benzene rings is 1. The van der Waals surface area contributed by atoms with Gasteiger partial charge in [-0.3, -0.25) is 5.32 Å². The summed E-state index contributed by atoms with van der Waals surface area (Å²) in [6, 6.07) is 8.67. The first-order valence-electron chi connectivity index (χ1n) is 10.1. The fourth-order valence-electron chi connectivity index (χ4n) is 3.68. The fourth-order valence-corrected chi connectivity index (χ4v) is 4.54. The van der Waals surface area contributed by atoms with Crippen LogP contribution >= 0.6 is 11.3 Å². The molecule has 2 atom stereocenters. The number of thiazole rings is 1. The van der Waals surface area contributed by atoms with Gasteiger partial charge >= 0.3 is 6.03 Å². The van der Waals surface area contributed by atoms with E-state index in [1.54, 1.807) is 4.90 Å². The van der Waals surface area contributed by atoms with E-state index in [-0.39, 0.29) is 30.9 Å². The van der Waals surface area contributed by atoms with Crippen molar-refractivity contribution >= 4 is 38.5 Å². The van der Waals surface area contributed by atoms with Gasteiger partial charge in [0.2, 0.25) is 0 Å². The molecule has 3 aromatic rings. The molecule has 1 saturated heterocycles. The largest absolute Gasteiger partial charge is 0.394 e. The third-order valence-corrected chi connectivity index (χ3v) is 6.21. The summed E-state index contributed by atoms with van der Waals surface area (Å²) in [5.74, 6) is -0.261. The number of aliphatic hydroxyl groups excluding tert-OH is 2. The highest BCUT2D eigenvalue weighted by atomic mass is 32.1. The Morgan fingerprint density at radius 3 is 2.90 bits per heavy atom. The molecule has 1 aromatic carbocycles. The molecule has 3 heterocycles. The maximum atomic E-state index is 14.7. The van der Waals surface area contributed by atoms with E-state index < -0.39 is 11.9 Å². The van der Waals surface area contributed by atoms with E-state index in [1.165, 1.54) is 23.6 Å². The summed E-state index contributed by atoms with van der Waals surface area (Å²) in [6.45, 7) is 2.82. The predicted molar refractivity (Wildman–Crippen MR) is 118 cm³/mol. The van der Waals surface area contributed by atoms with Crippen molar-refractivity contribution in [3.8, 4) is 0 Å². The van der Waals surface area contributed by atoms with Crippen LogP contribution < -0.4 is 10.2 Å². The maximum Gasteiger partial charge on any atom is 0.323 e. The molecule has 1 fully saturated rings. The molecule has 10 heteroatoms. The van der Waals surface area contributed by atoms with Gasteiger partial charge in [-0.15, -0.1) is 0 Å². The zero-order chi connectivity index (χ0) is 22.0. The minimum absolute atomic E-state index is 0.134. The van der Waals surface area contributed by atoms with Crippen molar-refractivity contribution in [2.75, 3.05) is 36.5 Å². The number of carbonyl (C=O) groups excluding carboxylic acids is 1. The van der Waals surface area contributed by atoms with Crippen LogP contribution in [0.2, 0.25) is 0 Å². The summed E-state index contributed by atoms with van der Waals surface area (Å²) in [4.78, 5) is 24.9. The number of aromatic nitrogens is 2. The molecule has 8 nitrogen and oxygen atoms in total. The molecule has 0 radical (unpaired) electrons. The van der Waals surface area contributed by atoms with Crippen molar-refractivity contribution < 1.29 is 19.4 Å². The Morgan fingerprint density at radius 2 is 2.19 bits per heavy atom. The Labute approximate surface area is 183 Å². The Morgan fingerprint density at radius 1 is 1.39 bits per heavy atom. The van der Waals surface area contributed by atoms with E-state index in [4.69, 9.17) is 5.11 Å². The molecule has 0 bridgehead atoms. The van der Waals surface area contributed by atoms with E-state index >= 15 is 0 Å². The maximum absolute atomic E-state index is 14.7. The second-order valence-corrected chi connectivity index (χ2v) is 8.63. The van der Waals surface area contributed by atoms with Crippen LogP contribution in [-0.4, -0.2) is 69.5 Å². The highest BCUT2D eigenvalue weighted by molar-refractivity contribution is 7.22. The lowest BCUT2D eigenvalue weighted by molar-refractivity contribution is 0.0954. The van der Waals surface area contributed by atoms with Gasteiger partial charge in [0.1, 0.15) is 0 Å². The van der Waals surface area contributed by atoms with Crippen LogP contribution in [0.3, 0.4) is 0 Å². The Hall–Kier alpha value is -2.82. The molecule has 0 saturated carbocycles. The summed E-state index contributed by atoms with van der Waals surface area (Å²) in [5, 5.41) is 21.9. The van der Waals surface area contributed by atoms with Crippen LogP contribution in [-0.2, 0) is 6.42 Å². The van der Waals surface area contributed by atoms with Crippen LogP contribution in [0.1, 0.15) is 12.5 Å². The van der Waals surface area contributed by atoms with Gasteiger partial charge in [-0.2, -0.15) is 0 Å². The first kappa shape index (κ1) is 21.4. The third-order valence-electron chi connectivity index (χ3n) is 5.25. The number of hydrogen-bond acceptors (Lipinski definition) is 7. The number of aliphatic hydroxyl groups is 2. The first-order chi connectivity index (χ1) is 14.9. The number of rotatable bonds is 5. The average Bonchev–Trinajstić information content (AvgIpc) is 3.16. The molecule has 164 valence electrons. The summed E-state index contributed by atoms with van der Waals surface area (Å²) in [5.41, 5.74) is 1.36. The average molecular weight is 446 g/mol. The summed E-state index contributed by atoms with van der Waals surface area (Å²) >= 11 is 1.42. The van der Waals surface area contributed by atoms with Crippen molar-refractivity contribution in [2.45, 2.75) is 25.5 Å². The predicted octanol–water partition coefficient (Wildman–Crippen LogP) is 2.47. The number of anilines is 2. The molecule has 1 aliphatic heterocycles. The Bertz CT molecular complexity index is 1050. The highest BCUT2D eigenvalue weighted by Crippen LogP contribution is 2.27. The number of hydrogen-bond donors (Lipinski definition) is 3. The van der Waals surface area contributed by atoms with Gasteiger partial charge in [0, 0.05) is 38.3 Å². The molecule has 1 aliphatic rings. The van der Waals surface area contributed by atoms with Crippen LogP contribution in [0.15, 0.2) is 36.5 Å².